The van der Waals surface area contributed by atoms with Crippen LogP contribution >= 0.6 is 23.1 Å². The maximum absolute atomic E-state index is 13.0. The second kappa shape index (κ2) is 8.98. The molecule has 1 aromatic carbocycles. The first-order valence-electron chi connectivity index (χ1n) is 8.28. The molecule has 28 heavy (non-hydrogen) atoms. The molecule has 10 heteroatoms. The van der Waals surface area contributed by atoms with Gasteiger partial charge in [0.15, 0.2) is 10.9 Å². The number of aromatic nitrogens is 2. The maximum Gasteiger partial charge on any atom is 0.238 e. The molecule has 2 aromatic heterocycles. The number of carbonyl (C=O) groups is 2. The second-order valence-electron chi connectivity index (χ2n) is 5.86. The number of rotatable bonds is 7. The summed E-state index contributed by atoms with van der Waals surface area (Å²) in [5.41, 5.74) is 1.42. The largest absolute Gasteiger partial charge is 0.360 e. The number of nitrogens with one attached hydrogen (secondary N) is 2. The average Bonchev–Trinajstić information content (AvgIpc) is 3.29. The molecule has 2 amide bonds. The van der Waals surface area contributed by atoms with Crippen molar-refractivity contribution in [2.45, 2.75) is 19.1 Å². The molecule has 0 radical (unpaired) electrons. The zero-order valence-electron chi connectivity index (χ0n) is 15.1. The fourth-order valence-electron chi connectivity index (χ4n) is 2.17. The van der Waals surface area contributed by atoms with Crippen LogP contribution in [0.1, 0.15) is 12.7 Å². The van der Waals surface area contributed by atoms with Crippen LogP contribution < -0.4 is 10.6 Å². The Kier molecular flexibility index (Phi) is 6.42. The number of aryl methyl sites for hydroxylation is 1. The summed E-state index contributed by atoms with van der Waals surface area (Å²) in [5, 5.41) is 10.8. The molecule has 0 aliphatic carbocycles. The van der Waals surface area contributed by atoms with E-state index in [0.29, 0.717) is 22.4 Å². The zero-order chi connectivity index (χ0) is 20.1. The minimum Gasteiger partial charge on any atom is -0.360 e. The third kappa shape index (κ3) is 5.40. The highest BCUT2D eigenvalue weighted by Crippen LogP contribution is 2.25. The van der Waals surface area contributed by atoms with Gasteiger partial charge in [0.1, 0.15) is 11.6 Å². The SMILES string of the molecule is Cc1cc(NC(=O)C(C)SCC(=O)Nc2nc(-c3ccc(F)cc3)cs2)no1. The number of thiazole rings is 1. The Morgan fingerprint density at radius 2 is 2.04 bits per heavy atom. The second-order valence-corrected chi connectivity index (χ2v) is 8.05. The van der Waals surface area contributed by atoms with E-state index in [9.17, 15) is 14.0 Å². The molecule has 3 rings (SSSR count). The molecule has 3 aromatic rings. The van der Waals surface area contributed by atoms with Crippen LogP contribution in [0.3, 0.4) is 0 Å². The molecule has 0 bridgehead atoms. The molecular formula is C18H17FN4O3S2. The van der Waals surface area contributed by atoms with Crippen molar-refractivity contribution in [3.05, 3.63) is 47.3 Å². The van der Waals surface area contributed by atoms with E-state index >= 15 is 0 Å². The number of nitrogens with zero attached hydrogens (tertiary/aromatic N) is 2. The van der Waals surface area contributed by atoms with E-state index in [1.807, 2.05) is 0 Å². The minimum atomic E-state index is -0.450. The van der Waals surface area contributed by atoms with Gasteiger partial charge in [-0.2, -0.15) is 0 Å². The van der Waals surface area contributed by atoms with Crippen LogP contribution in [0, 0.1) is 12.7 Å². The highest BCUT2D eigenvalue weighted by Gasteiger charge is 2.17. The summed E-state index contributed by atoms with van der Waals surface area (Å²) in [6.07, 6.45) is 0. The van der Waals surface area contributed by atoms with E-state index in [1.54, 1.807) is 37.4 Å². The van der Waals surface area contributed by atoms with Gasteiger partial charge >= 0.3 is 0 Å². The van der Waals surface area contributed by atoms with Gasteiger partial charge in [0.2, 0.25) is 11.8 Å². The quantitative estimate of drug-likeness (QED) is 0.601. The van der Waals surface area contributed by atoms with Gasteiger partial charge in [-0.15, -0.1) is 23.1 Å². The average molecular weight is 420 g/mol. The predicted octanol–water partition coefficient (Wildman–Crippen LogP) is 3.94. The van der Waals surface area contributed by atoms with Crippen molar-refractivity contribution in [1.82, 2.24) is 10.1 Å². The van der Waals surface area contributed by atoms with E-state index in [1.165, 1.54) is 35.2 Å². The van der Waals surface area contributed by atoms with Crippen molar-refractivity contribution < 1.29 is 18.5 Å². The Hall–Kier alpha value is -2.72. The topological polar surface area (TPSA) is 97.1 Å². The van der Waals surface area contributed by atoms with Crippen LogP contribution in [-0.4, -0.2) is 33.0 Å². The molecule has 2 heterocycles. The van der Waals surface area contributed by atoms with Crippen LogP contribution in [-0.2, 0) is 9.59 Å². The highest BCUT2D eigenvalue weighted by atomic mass is 32.2. The van der Waals surface area contributed by atoms with Crippen LogP contribution in [0.4, 0.5) is 15.3 Å². The van der Waals surface area contributed by atoms with Crippen LogP contribution in [0.2, 0.25) is 0 Å². The van der Waals surface area contributed by atoms with Crippen LogP contribution in [0.5, 0.6) is 0 Å². The van der Waals surface area contributed by atoms with E-state index in [4.69, 9.17) is 4.52 Å². The van der Waals surface area contributed by atoms with Crippen molar-refractivity contribution in [3.8, 4) is 11.3 Å². The van der Waals surface area contributed by atoms with E-state index < -0.39 is 5.25 Å². The smallest absolute Gasteiger partial charge is 0.238 e. The number of amides is 2. The molecule has 146 valence electrons. The van der Waals surface area contributed by atoms with E-state index in [2.05, 4.69) is 20.8 Å². The van der Waals surface area contributed by atoms with Gasteiger partial charge in [0.25, 0.3) is 0 Å². The Bertz CT molecular complexity index is 971. The lowest BCUT2D eigenvalue weighted by Gasteiger charge is -2.09. The van der Waals surface area contributed by atoms with Gasteiger partial charge in [-0.3, -0.25) is 9.59 Å². The normalized spacial score (nSPS) is 11.8. The number of carbonyl (C=O) groups excluding carboxylic acids is 2. The van der Waals surface area contributed by atoms with Gasteiger partial charge < -0.3 is 15.2 Å². The first-order valence-corrected chi connectivity index (χ1v) is 10.2. The molecule has 0 spiro atoms. The molecule has 2 N–H and O–H groups in total. The van der Waals surface area contributed by atoms with Gasteiger partial charge in [-0.1, -0.05) is 5.16 Å². The van der Waals surface area contributed by atoms with E-state index in [0.717, 1.165) is 5.56 Å². The maximum atomic E-state index is 13.0. The van der Waals surface area contributed by atoms with Gasteiger partial charge in [0, 0.05) is 17.0 Å². The number of halogens is 1. The van der Waals surface area contributed by atoms with Gasteiger partial charge in [-0.25, -0.2) is 9.37 Å². The first kappa shape index (κ1) is 20.0. The molecule has 0 aliphatic rings. The molecule has 0 saturated carbocycles. The fourth-order valence-corrected chi connectivity index (χ4v) is 3.59. The Labute approximate surface area is 168 Å². The lowest BCUT2D eigenvalue weighted by Crippen LogP contribution is -2.25. The number of hydrogen-bond acceptors (Lipinski definition) is 7. The van der Waals surface area contributed by atoms with Crippen molar-refractivity contribution in [1.29, 1.82) is 0 Å². The summed E-state index contributed by atoms with van der Waals surface area (Å²) in [6.45, 7) is 3.43. The third-order valence-corrected chi connectivity index (χ3v) is 5.50. The summed E-state index contributed by atoms with van der Waals surface area (Å²) >= 11 is 2.47. The standard InChI is InChI=1S/C18H17FN4O3S2/c1-10-7-15(23-26-10)21-17(25)11(2)27-9-16(24)22-18-20-14(8-28-18)12-3-5-13(19)6-4-12/h3-8,11H,9H2,1-2H3,(H,20,22,24)(H,21,23,25). The minimum absolute atomic E-state index is 0.0951. The lowest BCUT2D eigenvalue weighted by molar-refractivity contribution is -0.115. The number of hydrogen-bond donors (Lipinski definition) is 2. The predicted molar refractivity (Wildman–Crippen MR) is 108 cm³/mol. The molecular weight excluding hydrogens is 403 g/mol. The van der Waals surface area contributed by atoms with Crippen molar-refractivity contribution in [2.75, 3.05) is 16.4 Å². The summed E-state index contributed by atoms with van der Waals surface area (Å²) in [4.78, 5) is 28.5. The zero-order valence-corrected chi connectivity index (χ0v) is 16.7. The Morgan fingerprint density at radius 3 is 2.71 bits per heavy atom. The summed E-state index contributed by atoms with van der Waals surface area (Å²) in [6, 6.07) is 7.58. The third-order valence-electron chi connectivity index (χ3n) is 3.60. The van der Waals surface area contributed by atoms with Gasteiger partial charge in [-0.05, 0) is 38.1 Å². The molecule has 1 atom stereocenters. The summed E-state index contributed by atoms with van der Waals surface area (Å²) < 4.78 is 17.9. The number of anilines is 2. The highest BCUT2D eigenvalue weighted by molar-refractivity contribution is 8.01. The van der Waals surface area contributed by atoms with Gasteiger partial charge in [0.05, 0.1) is 16.7 Å². The summed E-state index contributed by atoms with van der Waals surface area (Å²) in [7, 11) is 0. The van der Waals surface area contributed by atoms with Crippen LogP contribution in [0.25, 0.3) is 11.3 Å². The molecule has 1 unspecified atom stereocenters. The van der Waals surface area contributed by atoms with Crippen molar-refractivity contribution in [2.24, 2.45) is 0 Å². The lowest BCUT2D eigenvalue weighted by atomic mass is 10.2. The van der Waals surface area contributed by atoms with Crippen molar-refractivity contribution in [3.63, 3.8) is 0 Å². The Morgan fingerprint density at radius 1 is 1.29 bits per heavy atom. The number of thioether (sulfide) groups is 1. The molecule has 7 nitrogen and oxygen atoms in total. The van der Waals surface area contributed by atoms with Crippen molar-refractivity contribution >= 4 is 45.9 Å². The Balaban J connectivity index is 1.47. The fraction of sp³-hybridized carbons (Fsp3) is 0.222. The van der Waals surface area contributed by atoms with Crippen LogP contribution in [0.15, 0.2) is 40.2 Å². The first-order chi connectivity index (χ1) is 13.4. The van der Waals surface area contributed by atoms with E-state index in [-0.39, 0.29) is 23.4 Å². The molecule has 0 saturated heterocycles. The molecule has 0 aliphatic heterocycles. The number of benzene rings is 1. The molecule has 0 fully saturated rings. The monoisotopic (exact) mass is 420 g/mol. The summed E-state index contributed by atoms with van der Waals surface area (Å²) in [5.74, 6) is 0.189.